The number of carbonyl (C=O) groups is 3. The first kappa shape index (κ1) is 28.3. The lowest BCUT2D eigenvalue weighted by atomic mass is 10.1. The van der Waals surface area contributed by atoms with E-state index in [9.17, 15) is 22.8 Å². The van der Waals surface area contributed by atoms with Gasteiger partial charge in [0, 0.05) is 46.2 Å². The topological polar surface area (TPSA) is 128 Å². The number of amides is 2. The Labute approximate surface area is 217 Å². The quantitative estimate of drug-likeness (QED) is 0.405. The average Bonchev–Trinajstić information content (AvgIpc) is 3.33. The molecule has 0 N–H and O–H groups in total. The number of hydrogen-bond acceptors (Lipinski definition) is 8. The third-order valence-electron chi connectivity index (χ3n) is 6.68. The first-order valence-electron chi connectivity index (χ1n) is 12.0. The molecule has 1 aliphatic rings. The highest BCUT2D eigenvalue weighted by atomic mass is 32.2. The minimum atomic E-state index is -4.69. The molecule has 2 aromatic rings. The number of methoxy groups -OCH3 is 1. The van der Waals surface area contributed by atoms with Crippen LogP contribution in [0.1, 0.15) is 24.6 Å². The van der Waals surface area contributed by atoms with Crippen molar-refractivity contribution in [3.63, 3.8) is 0 Å². The Morgan fingerprint density at radius 1 is 1.19 bits per heavy atom. The summed E-state index contributed by atoms with van der Waals surface area (Å²) in [6.45, 7) is 2.27. The number of benzene rings is 1. The summed E-state index contributed by atoms with van der Waals surface area (Å²) in [5, 5.41) is -1.63. The molecule has 0 radical (unpaired) electrons. The molecule has 1 fully saturated rings. The van der Waals surface area contributed by atoms with Gasteiger partial charge in [0.05, 0.1) is 32.3 Å². The Morgan fingerprint density at radius 3 is 2.41 bits per heavy atom. The molecule has 202 valence electrons. The molecule has 1 unspecified atom stereocenters. The van der Waals surface area contributed by atoms with Crippen molar-refractivity contribution < 1.29 is 32.3 Å². The molecule has 0 aliphatic carbocycles. The van der Waals surface area contributed by atoms with Crippen LogP contribution in [0.5, 0.6) is 0 Å². The lowest BCUT2D eigenvalue weighted by Gasteiger charge is -2.40. The van der Waals surface area contributed by atoms with E-state index in [1.807, 2.05) is 30.3 Å². The van der Waals surface area contributed by atoms with Crippen LogP contribution < -0.4 is 0 Å². The van der Waals surface area contributed by atoms with Gasteiger partial charge in [0.25, 0.3) is 0 Å². The first-order chi connectivity index (χ1) is 17.5. The van der Waals surface area contributed by atoms with E-state index in [-0.39, 0.29) is 38.4 Å². The van der Waals surface area contributed by atoms with Gasteiger partial charge in [-0.15, -0.1) is 0 Å². The summed E-state index contributed by atoms with van der Waals surface area (Å²) in [7, 11) is -0.673. The van der Waals surface area contributed by atoms with Crippen LogP contribution in [0.3, 0.4) is 0 Å². The number of rotatable bonds is 10. The minimum Gasteiger partial charge on any atom is -0.466 e. The lowest BCUT2D eigenvalue weighted by molar-refractivity contribution is -0.154. The summed E-state index contributed by atoms with van der Waals surface area (Å²) in [4.78, 5) is 44.2. The predicted molar refractivity (Wildman–Crippen MR) is 135 cm³/mol. The Balaban J connectivity index is 2.04. The monoisotopic (exact) mass is 534 g/mol. The van der Waals surface area contributed by atoms with Crippen LogP contribution in [0, 0.1) is 0 Å². The van der Waals surface area contributed by atoms with Gasteiger partial charge in [-0.25, -0.2) is 18.2 Å². The minimum absolute atomic E-state index is 0.0528. The highest BCUT2D eigenvalue weighted by Crippen LogP contribution is 2.33. The van der Waals surface area contributed by atoms with Crippen molar-refractivity contribution in [2.45, 2.75) is 36.3 Å². The van der Waals surface area contributed by atoms with Crippen molar-refractivity contribution in [1.82, 2.24) is 19.4 Å². The fourth-order valence-electron chi connectivity index (χ4n) is 4.43. The Bertz CT molecular complexity index is 1210. The molecule has 12 heteroatoms. The van der Waals surface area contributed by atoms with Gasteiger partial charge in [-0.3, -0.25) is 9.59 Å². The Morgan fingerprint density at radius 2 is 1.84 bits per heavy atom. The third kappa shape index (κ3) is 5.85. The summed E-state index contributed by atoms with van der Waals surface area (Å²) >= 11 is 0. The van der Waals surface area contributed by atoms with Gasteiger partial charge in [-0.1, -0.05) is 30.3 Å². The van der Waals surface area contributed by atoms with Gasteiger partial charge in [0.1, 0.15) is 5.25 Å². The van der Waals surface area contributed by atoms with Gasteiger partial charge in [-0.05, 0) is 18.9 Å². The molecule has 2 atom stereocenters. The van der Waals surface area contributed by atoms with Crippen molar-refractivity contribution in [3.8, 4) is 0 Å². The van der Waals surface area contributed by atoms with Gasteiger partial charge < -0.3 is 23.8 Å². The maximum Gasteiger partial charge on any atom is 0.348 e. The average molecular weight is 535 g/mol. The zero-order valence-electron chi connectivity index (χ0n) is 21.6. The number of sulfone groups is 1. The van der Waals surface area contributed by atoms with Crippen molar-refractivity contribution in [2.75, 3.05) is 40.5 Å². The smallest absolute Gasteiger partial charge is 0.348 e. The van der Waals surface area contributed by atoms with Crippen LogP contribution >= 0.6 is 0 Å². The van der Waals surface area contributed by atoms with E-state index in [0.717, 1.165) is 17.6 Å². The first-order valence-corrected chi connectivity index (χ1v) is 13.5. The van der Waals surface area contributed by atoms with Crippen LogP contribution in [0.25, 0.3) is 0 Å². The van der Waals surface area contributed by atoms with E-state index in [2.05, 4.69) is 4.98 Å². The highest BCUT2D eigenvalue weighted by molar-refractivity contribution is 7.94. The molecule has 0 bridgehead atoms. The molecular weight excluding hydrogens is 500 g/mol. The second kappa shape index (κ2) is 11.9. The summed E-state index contributed by atoms with van der Waals surface area (Å²) in [5.74, 6) is -2.40. The molecule has 0 spiro atoms. The van der Waals surface area contributed by atoms with Crippen LogP contribution in [0.2, 0.25) is 0 Å². The number of aryl methyl sites for hydroxylation is 2. The molecule has 1 saturated heterocycles. The van der Waals surface area contributed by atoms with E-state index < -0.39 is 44.2 Å². The number of aromatic nitrogens is 2. The summed E-state index contributed by atoms with van der Waals surface area (Å²) in [6, 6.07) is 9.24. The lowest BCUT2D eigenvalue weighted by Crippen LogP contribution is -2.65. The summed E-state index contributed by atoms with van der Waals surface area (Å²) < 4.78 is 40.4. The number of imidazole rings is 1. The zero-order chi connectivity index (χ0) is 27.2. The Kier molecular flexibility index (Phi) is 9.08. The fourth-order valence-corrected chi connectivity index (χ4v) is 6.58. The molecule has 37 heavy (non-hydrogen) atoms. The second-order valence-electron chi connectivity index (χ2n) is 9.05. The van der Waals surface area contributed by atoms with Gasteiger partial charge in [-0.2, -0.15) is 0 Å². The fraction of sp³-hybridized carbons (Fsp3) is 0.520. The zero-order valence-corrected chi connectivity index (χ0v) is 22.4. The van der Waals surface area contributed by atoms with Crippen molar-refractivity contribution in [2.24, 2.45) is 7.05 Å². The largest absolute Gasteiger partial charge is 0.466 e. The summed E-state index contributed by atoms with van der Waals surface area (Å²) in [6.07, 6.45) is 2.83. The molecule has 0 saturated carbocycles. The Hall–Kier alpha value is -3.25. The molecular formula is C25H34N4O7S. The maximum atomic E-state index is 14.3. The van der Waals surface area contributed by atoms with Crippen LogP contribution in [0.4, 0.5) is 0 Å². The van der Waals surface area contributed by atoms with E-state index in [1.54, 1.807) is 17.8 Å². The van der Waals surface area contributed by atoms with Gasteiger partial charge in [0.15, 0.2) is 9.84 Å². The van der Waals surface area contributed by atoms with E-state index in [0.29, 0.717) is 6.42 Å². The number of carbonyl (C=O) groups excluding carboxylic acids is 3. The van der Waals surface area contributed by atoms with Crippen molar-refractivity contribution in [1.29, 1.82) is 0 Å². The highest BCUT2D eigenvalue weighted by Gasteiger charge is 2.60. The van der Waals surface area contributed by atoms with Crippen LogP contribution in [0.15, 0.2) is 42.9 Å². The van der Waals surface area contributed by atoms with Gasteiger partial charge in [0.2, 0.25) is 16.7 Å². The van der Waals surface area contributed by atoms with Gasteiger partial charge >= 0.3 is 5.97 Å². The van der Waals surface area contributed by atoms with E-state index >= 15 is 0 Å². The van der Waals surface area contributed by atoms with Crippen LogP contribution in [-0.4, -0.2) is 96.1 Å². The summed E-state index contributed by atoms with van der Waals surface area (Å²) in [5.41, 5.74) is 1.14. The number of ether oxygens (including phenoxy) is 2. The normalized spacial score (nSPS) is 16.5. The molecule has 2 amide bonds. The SMILES string of the molecule is COC(=O)[C@](Cc1cn(C)cn1)(N(C)C(=O)CCc1ccccc1)S(=O)(=O)C(C)C(=O)N1CCOCC1. The molecule has 3 rings (SSSR count). The molecule has 1 aromatic heterocycles. The van der Waals surface area contributed by atoms with Crippen LogP contribution in [-0.2, 0) is 53.6 Å². The van der Waals surface area contributed by atoms with Crippen molar-refractivity contribution >= 4 is 27.6 Å². The number of likely N-dealkylation sites (N-methyl/N-ethyl adjacent to an activating group) is 1. The van der Waals surface area contributed by atoms with E-state index in [1.165, 1.54) is 25.2 Å². The predicted octanol–water partition coefficient (Wildman–Crippen LogP) is 0.585. The molecule has 1 aliphatic heterocycles. The number of esters is 1. The number of morpholine rings is 1. The molecule has 11 nitrogen and oxygen atoms in total. The molecule has 1 aromatic carbocycles. The van der Waals surface area contributed by atoms with E-state index in [4.69, 9.17) is 9.47 Å². The van der Waals surface area contributed by atoms with Crippen molar-refractivity contribution in [3.05, 3.63) is 54.1 Å². The standard InChI is InChI=1S/C25H34N4O7S/c1-19(23(31)29-12-14-36-15-13-29)37(33,34)25(24(32)35-4,16-21-17-27(2)18-26-21)28(3)22(30)11-10-20-8-6-5-7-9-20/h5-9,17-19H,10-16H2,1-4H3/t19?,25-/m1/s1. The second-order valence-corrected chi connectivity index (χ2v) is 11.5. The third-order valence-corrected chi connectivity index (χ3v) is 9.34. The number of hydrogen-bond donors (Lipinski definition) is 0. The number of nitrogens with zero attached hydrogens (tertiary/aromatic N) is 4. The molecule has 2 heterocycles. The maximum absolute atomic E-state index is 14.3.